The van der Waals surface area contributed by atoms with Crippen LogP contribution in [0.5, 0.6) is 0 Å². The van der Waals surface area contributed by atoms with E-state index in [9.17, 15) is 9.59 Å². The summed E-state index contributed by atoms with van der Waals surface area (Å²) in [6.45, 7) is 2.74. The molecule has 1 saturated heterocycles. The highest BCUT2D eigenvalue weighted by Crippen LogP contribution is 2.30. The van der Waals surface area contributed by atoms with Gasteiger partial charge in [0.15, 0.2) is 0 Å². The smallest absolute Gasteiger partial charge is 0.254 e. The number of aromatic nitrogens is 1. The summed E-state index contributed by atoms with van der Waals surface area (Å²) in [7, 11) is 1.80. The molecule has 1 atom stereocenters. The maximum atomic E-state index is 12.9. The average molecular weight is 379 g/mol. The lowest BCUT2D eigenvalue weighted by Gasteiger charge is -2.23. The van der Waals surface area contributed by atoms with Crippen molar-refractivity contribution in [2.24, 2.45) is 0 Å². The fraction of sp³-hybridized carbons (Fsp3) is 0.286. The monoisotopic (exact) mass is 379 g/mol. The molecule has 2 aromatic carbocycles. The zero-order valence-electron chi connectivity index (χ0n) is 15.4. The zero-order valence-corrected chi connectivity index (χ0v) is 16.2. The molecule has 2 amide bonds. The third kappa shape index (κ3) is 3.32. The highest BCUT2D eigenvalue weighted by Gasteiger charge is 2.24. The molecule has 1 aliphatic rings. The Morgan fingerprint density at radius 1 is 1.19 bits per heavy atom. The number of carbonyl (C=O) groups excluding carboxylic acids is 2. The lowest BCUT2D eigenvalue weighted by molar-refractivity contribution is -0.117. The molecule has 3 aromatic rings. The van der Waals surface area contributed by atoms with Gasteiger partial charge in [0.2, 0.25) is 5.91 Å². The second kappa shape index (κ2) is 7.12. The molecule has 0 bridgehead atoms. The van der Waals surface area contributed by atoms with Gasteiger partial charge in [0.05, 0.1) is 16.3 Å². The van der Waals surface area contributed by atoms with Crippen molar-refractivity contribution in [2.45, 2.75) is 25.8 Å². The highest BCUT2D eigenvalue weighted by molar-refractivity contribution is 7.18. The molecule has 1 aromatic heterocycles. The lowest BCUT2D eigenvalue weighted by Crippen LogP contribution is -2.29. The van der Waals surface area contributed by atoms with E-state index >= 15 is 0 Å². The number of nitrogens with zero attached hydrogens (tertiary/aromatic N) is 3. The van der Waals surface area contributed by atoms with Gasteiger partial charge in [0.1, 0.15) is 5.01 Å². The summed E-state index contributed by atoms with van der Waals surface area (Å²) in [5.41, 5.74) is 2.43. The molecule has 1 fully saturated rings. The van der Waals surface area contributed by atoms with Crippen molar-refractivity contribution in [1.82, 2.24) is 9.88 Å². The summed E-state index contributed by atoms with van der Waals surface area (Å²) in [4.78, 5) is 32.9. The van der Waals surface area contributed by atoms with Crippen molar-refractivity contribution in [2.75, 3.05) is 18.5 Å². The first kappa shape index (κ1) is 17.7. The predicted octanol–water partition coefficient (Wildman–Crippen LogP) is 4.26. The molecule has 0 saturated carbocycles. The first-order valence-corrected chi connectivity index (χ1v) is 9.89. The third-order valence-corrected chi connectivity index (χ3v) is 6.28. The number of carbonyl (C=O) groups is 2. The molecule has 0 aliphatic carbocycles. The number of rotatable bonds is 4. The van der Waals surface area contributed by atoms with Gasteiger partial charge in [-0.1, -0.05) is 12.1 Å². The SMILES string of the molecule is CC(c1nc2ccccc2s1)N(C)C(=O)c1ccc(N2CCCC2=O)cc1. The number of para-hydroxylation sites is 1. The molecule has 138 valence electrons. The Morgan fingerprint density at radius 2 is 1.93 bits per heavy atom. The molecule has 4 rings (SSSR count). The third-order valence-electron chi connectivity index (χ3n) is 5.07. The molecular formula is C21H21N3O2S. The van der Waals surface area contributed by atoms with Crippen molar-refractivity contribution >= 4 is 39.1 Å². The first-order valence-electron chi connectivity index (χ1n) is 9.07. The summed E-state index contributed by atoms with van der Waals surface area (Å²) in [6.07, 6.45) is 1.49. The van der Waals surface area contributed by atoms with Crippen molar-refractivity contribution < 1.29 is 9.59 Å². The van der Waals surface area contributed by atoms with Crippen LogP contribution in [0.15, 0.2) is 48.5 Å². The summed E-state index contributed by atoms with van der Waals surface area (Å²) < 4.78 is 1.12. The minimum atomic E-state index is -0.116. The molecule has 0 radical (unpaired) electrons. The van der Waals surface area contributed by atoms with E-state index in [-0.39, 0.29) is 17.9 Å². The van der Waals surface area contributed by atoms with Gasteiger partial charge in [0.25, 0.3) is 5.91 Å². The first-order chi connectivity index (χ1) is 13.0. The molecule has 1 aliphatic heterocycles. The van der Waals surface area contributed by atoms with Gasteiger partial charge in [-0.25, -0.2) is 4.98 Å². The van der Waals surface area contributed by atoms with Crippen LogP contribution in [0.2, 0.25) is 0 Å². The number of benzene rings is 2. The van der Waals surface area contributed by atoms with Gasteiger partial charge in [-0.2, -0.15) is 0 Å². The zero-order chi connectivity index (χ0) is 19.0. The topological polar surface area (TPSA) is 53.5 Å². The molecule has 6 heteroatoms. The molecule has 1 unspecified atom stereocenters. The van der Waals surface area contributed by atoms with E-state index in [4.69, 9.17) is 0 Å². The number of fused-ring (bicyclic) bond motifs is 1. The van der Waals surface area contributed by atoms with Crippen LogP contribution in [0, 0.1) is 0 Å². The normalized spacial score (nSPS) is 15.3. The van der Waals surface area contributed by atoms with Crippen LogP contribution in [-0.4, -0.2) is 35.3 Å². The molecular weight excluding hydrogens is 358 g/mol. The molecule has 0 N–H and O–H groups in total. The Morgan fingerprint density at radius 3 is 2.59 bits per heavy atom. The second-order valence-electron chi connectivity index (χ2n) is 6.81. The van der Waals surface area contributed by atoms with Crippen molar-refractivity contribution in [3.05, 3.63) is 59.1 Å². The van der Waals surface area contributed by atoms with Crippen LogP contribution in [0.4, 0.5) is 5.69 Å². The fourth-order valence-electron chi connectivity index (χ4n) is 3.32. The van der Waals surface area contributed by atoms with Crippen LogP contribution < -0.4 is 4.90 Å². The second-order valence-corrected chi connectivity index (χ2v) is 7.87. The predicted molar refractivity (Wildman–Crippen MR) is 108 cm³/mol. The van der Waals surface area contributed by atoms with Crippen LogP contribution in [0.1, 0.15) is 41.2 Å². The van der Waals surface area contributed by atoms with Crippen molar-refractivity contribution in [3.8, 4) is 0 Å². The van der Waals surface area contributed by atoms with Gasteiger partial charge in [-0.15, -0.1) is 11.3 Å². The van der Waals surface area contributed by atoms with Crippen molar-refractivity contribution in [3.63, 3.8) is 0 Å². The largest absolute Gasteiger partial charge is 0.333 e. The summed E-state index contributed by atoms with van der Waals surface area (Å²) in [6, 6.07) is 15.2. The Bertz CT molecular complexity index is 963. The van der Waals surface area contributed by atoms with Gasteiger partial charge in [-0.05, 0) is 49.7 Å². The number of hydrogen-bond donors (Lipinski definition) is 0. The van der Waals surface area contributed by atoms with Gasteiger partial charge in [0, 0.05) is 31.3 Å². The fourth-order valence-corrected chi connectivity index (χ4v) is 4.38. The standard InChI is InChI=1S/C21H21N3O2S/c1-14(20-22-17-6-3-4-7-18(17)27-20)23(2)21(26)15-9-11-16(12-10-15)24-13-5-8-19(24)25/h3-4,6-7,9-12,14H,5,8,13H2,1-2H3. The maximum Gasteiger partial charge on any atom is 0.254 e. The Hall–Kier alpha value is -2.73. The van der Waals surface area contributed by atoms with E-state index in [0.717, 1.165) is 33.9 Å². The van der Waals surface area contributed by atoms with E-state index in [2.05, 4.69) is 4.98 Å². The van der Waals surface area contributed by atoms with E-state index in [1.54, 1.807) is 40.3 Å². The van der Waals surface area contributed by atoms with Gasteiger partial charge in [-0.3, -0.25) is 9.59 Å². The van der Waals surface area contributed by atoms with Crippen molar-refractivity contribution in [1.29, 1.82) is 0 Å². The lowest BCUT2D eigenvalue weighted by atomic mass is 10.1. The number of anilines is 1. The highest BCUT2D eigenvalue weighted by atomic mass is 32.1. The van der Waals surface area contributed by atoms with E-state index in [1.165, 1.54) is 0 Å². The molecule has 0 spiro atoms. The van der Waals surface area contributed by atoms with Gasteiger partial charge >= 0.3 is 0 Å². The molecule has 27 heavy (non-hydrogen) atoms. The number of amides is 2. The average Bonchev–Trinajstić information content (AvgIpc) is 3.32. The summed E-state index contributed by atoms with van der Waals surface area (Å²) in [5.74, 6) is 0.0942. The minimum absolute atomic E-state index is 0.0546. The van der Waals surface area contributed by atoms with E-state index < -0.39 is 0 Å². The maximum absolute atomic E-state index is 12.9. The van der Waals surface area contributed by atoms with E-state index in [0.29, 0.717) is 12.0 Å². The Balaban J connectivity index is 1.51. The van der Waals surface area contributed by atoms with Crippen LogP contribution in [0.3, 0.4) is 0 Å². The Kier molecular flexibility index (Phi) is 4.66. The molecule has 2 heterocycles. The quantitative estimate of drug-likeness (QED) is 0.681. The van der Waals surface area contributed by atoms with E-state index in [1.807, 2.05) is 43.3 Å². The summed E-state index contributed by atoms with van der Waals surface area (Å²) >= 11 is 1.62. The van der Waals surface area contributed by atoms with Crippen LogP contribution in [-0.2, 0) is 4.79 Å². The van der Waals surface area contributed by atoms with Crippen LogP contribution >= 0.6 is 11.3 Å². The number of thiazole rings is 1. The summed E-state index contributed by atoms with van der Waals surface area (Å²) in [5, 5.41) is 0.923. The van der Waals surface area contributed by atoms with Crippen LogP contribution in [0.25, 0.3) is 10.2 Å². The number of hydrogen-bond acceptors (Lipinski definition) is 4. The molecule has 5 nitrogen and oxygen atoms in total. The Labute approximate surface area is 162 Å². The van der Waals surface area contributed by atoms with Gasteiger partial charge < -0.3 is 9.80 Å². The minimum Gasteiger partial charge on any atom is -0.333 e.